The Morgan fingerprint density at radius 1 is 1.32 bits per heavy atom. The van der Waals surface area contributed by atoms with Gasteiger partial charge in [0.25, 0.3) is 5.69 Å². The van der Waals surface area contributed by atoms with Gasteiger partial charge in [-0.05, 0) is 17.9 Å². The predicted molar refractivity (Wildman–Crippen MR) is 88.8 cm³/mol. The van der Waals surface area contributed by atoms with E-state index in [0.717, 1.165) is 15.0 Å². The molecule has 1 amide bonds. The summed E-state index contributed by atoms with van der Waals surface area (Å²) in [5, 5.41) is 21.6. The summed E-state index contributed by atoms with van der Waals surface area (Å²) in [4.78, 5) is 22.7. The maximum Gasteiger partial charge on any atom is 0.269 e. The number of anilines is 1. The number of nitrogens with zero attached hydrogens (tertiary/aromatic N) is 3. The van der Waals surface area contributed by atoms with Gasteiger partial charge in [-0.15, -0.1) is 22.0 Å². The lowest BCUT2D eigenvalue weighted by Gasteiger charge is -2.01. The lowest BCUT2D eigenvalue weighted by atomic mass is 10.3. The molecule has 10 heteroatoms. The van der Waals surface area contributed by atoms with Gasteiger partial charge in [0.15, 0.2) is 4.34 Å². The molecular weight excluding hydrogens is 344 g/mol. The normalized spacial score (nSPS) is 10.4. The van der Waals surface area contributed by atoms with Crippen LogP contribution in [0.15, 0.2) is 33.5 Å². The Morgan fingerprint density at radius 3 is 2.68 bits per heavy atom. The third kappa shape index (κ3) is 4.97. The van der Waals surface area contributed by atoms with Gasteiger partial charge in [-0.3, -0.25) is 20.2 Å². The predicted octanol–water partition coefficient (Wildman–Crippen LogP) is 3.29. The van der Waals surface area contributed by atoms with Gasteiger partial charge in [-0.2, -0.15) is 0 Å². The minimum atomic E-state index is -0.456. The summed E-state index contributed by atoms with van der Waals surface area (Å²) >= 11 is 4.21. The van der Waals surface area contributed by atoms with Crippen LogP contribution in [0.5, 0.6) is 0 Å². The number of hydrogen-bond acceptors (Lipinski definition) is 8. The SMILES string of the molecule is CCSc1nnc(NC(=O)CSc2ccc([N+](=O)[O-])cc2)s1. The quantitative estimate of drug-likeness (QED) is 0.352. The third-order valence-corrected chi connectivity index (χ3v) is 5.20. The fraction of sp³-hybridized carbons (Fsp3) is 0.250. The van der Waals surface area contributed by atoms with Gasteiger partial charge in [-0.25, -0.2) is 0 Å². The number of nitro groups is 1. The molecule has 1 aromatic heterocycles. The van der Waals surface area contributed by atoms with E-state index in [4.69, 9.17) is 0 Å². The van der Waals surface area contributed by atoms with Crippen molar-refractivity contribution in [1.29, 1.82) is 0 Å². The van der Waals surface area contributed by atoms with Crippen LogP contribution in [0.3, 0.4) is 0 Å². The van der Waals surface area contributed by atoms with Crippen molar-refractivity contribution in [2.24, 2.45) is 0 Å². The summed E-state index contributed by atoms with van der Waals surface area (Å²) in [5.41, 5.74) is 0.0311. The monoisotopic (exact) mass is 356 g/mol. The zero-order valence-corrected chi connectivity index (χ0v) is 14.0. The Hall–Kier alpha value is -1.65. The van der Waals surface area contributed by atoms with E-state index < -0.39 is 4.92 Å². The summed E-state index contributed by atoms with van der Waals surface area (Å²) in [6.45, 7) is 2.02. The zero-order valence-electron chi connectivity index (χ0n) is 11.5. The van der Waals surface area contributed by atoms with Crippen molar-refractivity contribution < 1.29 is 9.72 Å². The standard InChI is InChI=1S/C12H12N4O3S3/c1-2-20-12-15-14-11(22-12)13-10(17)7-21-9-5-3-8(4-6-9)16(18)19/h3-6H,2,7H2,1H3,(H,13,14,17). The minimum Gasteiger partial charge on any atom is -0.300 e. The molecule has 0 aliphatic heterocycles. The molecule has 0 spiro atoms. The van der Waals surface area contributed by atoms with Crippen LogP contribution < -0.4 is 5.32 Å². The molecule has 22 heavy (non-hydrogen) atoms. The molecule has 0 aliphatic rings. The molecule has 0 saturated carbocycles. The average Bonchev–Trinajstić information content (AvgIpc) is 2.93. The molecule has 0 bridgehead atoms. The number of aromatic nitrogens is 2. The van der Waals surface area contributed by atoms with Gasteiger partial charge in [0.05, 0.1) is 10.7 Å². The molecule has 2 aromatic rings. The van der Waals surface area contributed by atoms with E-state index in [9.17, 15) is 14.9 Å². The van der Waals surface area contributed by atoms with E-state index in [2.05, 4.69) is 15.5 Å². The first-order valence-electron chi connectivity index (χ1n) is 6.22. The number of nitrogens with one attached hydrogen (secondary N) is 1. The van der Waals surface area contributed by atoms with Crippen molar-refractivity contribution in [1.82, 2.24) is 10.2 Å². The highest BCUT2D eigenvalue weighted by molar-refractivity contribution is 8.01. The van der Waals surface area contributed by atoms with Gasteiger partial charge in [0, 0.05) is 17.0 Å². The Bertz CT molecular complexity index is 660. The Labute approximate surface area is 139 Å². The van der Waals surface area contributed by atoms with E-state index in [0.29, 0.717) is 5.13 Å². The van der Waals surface area contributed by atoms with Crippen LogP contribution in [0, 0.1) is 10.1 Å². The number of non-ortho nitro benzene ring substituents is 1. The van der Waals surface area contributed by atoms with Gasteiger partial charge < -0.3 is 0 Å². The topological polar surface area (TPSA) is 98.0 Å². The molecule has 116 valence electrons. The van der Waals surface area contributed by atoms with Gasteiger partial charge >= 0.3 is 0 Å². The summed E-state index contributed by atoms with van der Waals surface area (Å²) in [7, 11) is 0. The molecular formula is C12H12N4O3S3. The molecule has 1 N–H and O–H groups in total. The smallest absolute Gasteiger partial charge is 0.269 e. The van der Waals surface area contributed by atoms with Gasteiger partial charge in [-0.1, -0.05) is 30.0 Å². The number of thioether (sulfide) groups is 2. The minimum absolute atomic E-state index is 0.0311. The fourth-order valence-corrected chi connectivity index (χ4v) is 3.77. The summed E-state index contributed by atoms with van der Waals surface area (Å²) in [6, 6.07) is 6.08. The molecule has 0 atom stereocenters. The van der Waals surface area contributed by atoms with E-state index in [1.165, 1.54) is 35.2 Å². The number of carbonyl (C=O) groups is 1. The second-order valence-electron chi connectivity index (χ2n) is 3.89. The second-order valence-corrected chi connectivity index (χ2v) is 7.43. The first-order valence-corrected chi connectivity index (χ1v) is 9.00. The molecule has 0 aliphatic carbocycles. The summed E-state index contributed by atoms with van der Waals surface area (Å²) in [5.74, 6) is 0.916. The number of amides is 1. The van der Waals surface area contributed by atoms with Crippen molar-refractivity contribution in [2.45, 2.75) is 16.2 Å². The van der Waals surface area contributed by atoms with Gasteiger partial charge in [0.1, 0.15) is 0 Å². The van der Waals surface area contributed by atoms with Crippen molar-refractivity contribution >= 4 is 51.6 Å². The Kier molecular flexibility index (Phi) is 6.16. The third-order valence-electron chi connectivity index (χ3n) is 2.34. The molecule has 0 radical (unpaired) electrons. The van der Waals surface area contributed by atoms with E-state index >= 15 is 0 Å². The number of rotatable bonds is 7. The van der Waals surface area contributed by atoms with Crippen molar-refractivity contribution in [3.05, 3.63) is 34.4 Å². The first-order chi connectivity index (χ1) is 10.6. The van der Waals surface area contributed by atoms with Crippen LogP contribution in [-0.4, -0.2) is 32.5 Å². The lowest BCUT2D eigenvalue weighted by molar-refractivity contribution is -0.384. The number of nitro benzene ring substituents is 1. The highest BCUT2D eigenvalue weighted by atomic mass is 32.2. The highest BCUT2D eigenvalue weighted by Crippen LogP contribution is 2.26. The summed E-state index contributed by atoms with van der Waals surface area (Å²) < 4.78 is 0.820. The molecule has 2 rings (SSSR count). The molecule has 0 saturated heterocycles. The highest BCUT2D eigenvalue weighted by Gasteiger charge is 2.09. The van der Waals surface area contributed by atoms with E-state index in [-0.39, 0.29) is 17.3 Å². The van der Waals surface area contributed by atoms with Crippen LogP contribution in [0.4, 0.5) is 10.8 Å². The average molecular weight is 356 g/mol. The Balaban J connectivity index is 1.82. The van der Waals surface area contributed by atoms with Crippen molar-refractivity contribution in [3.8, 4) is 0 Å². The van der Waals surface area contributed by atoms with E-state index in [1.54, 1.807) is 23.9 Å². The van der Waals surface area contributed by atoms with E-state index in [1.807, 2.05) is 6.92 Å². The van der Waals surface area contributed by atoms with Crippen molar-refractivity contribution in [3.63, 3.8) is 0 Å². The fourth-order valence-electron chi connectivity index (χ4n) is 1.41. The van der Waals surface area contributed by atoms with Crippen LogP contribution >= 0.6 is 34.9 Å². The number of hydrogen-bond donors (Lipinski definition) is 1. The van der Waals surface area contributed by atoms with Crippen LogP contribution in [-0.2, 0) is 4.79 Å². The summed E-state index contributed by atoms with van der Waals surface area (Å²) in [6.07, 6.45) is 0. The molecule has 0 fully saturated rings. The van der Waals surface area contributed by atoms with Crippen LogP contribution in [0.25, 0.3) is 0 Å². The van der Waals surface area contributed by atoms with Gasteiger partial charge in [0.2, 0.25) is 11.0 Å². The zero-order chi connectivity index (χ0) is 15.9. The maximum atomic E-state index is 11.8. The largest absolute Gasteiger partial charge is 0.300 e. The van der Waals surface area contributed by atoms with Crippen LogP contribution in [0.2, 0.25) is 0 Å². The first kappa shape index (κ1) is 16.7. The molecule has 1 heterocycles. The number of benzene rings is 1. The lowest BCUT2D eigenvalue weighted by Crippen LogP contribution is -2.13. The number of carbonyl (C=O) groups excluding carboxylic acids is 1. The maximum absolute atomic E-state index is 11.8. The van der Waals surface area contributed by atoms with Crippen molar-refractivity contribution in [2.75, 3.05) is 16.8 Å². The second kappa shape index (κ2) is 8.11. The molecule has 1 aromatic carbocycles. The van der Waals surface area contributed by atoms with Crippen LogP contribution in [0.1, 0.15) is 6.92 Å². The molecule has 7 nitrogen and oxygen atoms in total. The Morgan fingerprint density at radius 2 is 2.05 bits per heavy atom. The molecule has 0 unspecified atom stereocenters.